The fourth-order valence-electron chi connectivity index (χ4n) is 2.28. The molecule has 0 saturated carbocycles. The summed E-state index contributed by atoms with van der Waals surface area (Å²) in [7, 11) is 0. The minimum atomic E-state index is 0.830. The van der Waals surface area contributed by atoms with Crippen molar-refractivity contribution in [2.45, 2.75) is 39.2 Å². The van der Waals surface area contributed by atoms with Crippen LogP contribution in [0.3, 0.4) is 0 Å². The fourth-order valence-corrected chi connectivity index (χ4v) is 2.59. The smallest absolute Gasteiger partial charge is 0.130 e. The predicted octanol–water partition coefficient (Wildman–Crippen LogP) is 2.49. The van der Waals surface area contributed by atoms with Crippen LogP contribution in [0.25, 0.3) is 0 Å². The van der Waals surface area contributed by atoms with Crippen LogP contribution in [-0.2, 0) is 13.0 Å². The number of nitrogens with zero attached hydrogens (tertiary/aromatic N) is 2. The van der Waals surface area contributed by atoms with E-state index in [9.17, 15) is 0 Å². The summed E-state index contributed by atoms with van der Waals surface area (Å²) < 4.78 is 1.95. The monoisotopic (exact) mass is 241 g/mol. The molecule has 1 aliphatic heterocycles. The zero-order valence-corrected chi connectivity index (χ0v) is 10.6. The lowest BCUT2D eigenvalue weighted by atomic mass is 9.95. The van der Waals surface area contributed by atoms with E-state index in [-0.39, 0.29) is 0 Å². The summed E-state index contributed by atoms with van der Waals surface area (Å²) in [6, 6.07) is 0. The van der Waals surface area contributed by atoms with E-state index >= 15 is 0 Å². The molecule has 0 radical (unpaired) electrons. The highest BCUT2D eigenvalue weighted by atomic mass is 35.5. The van der Waals surface area contributed by atoms with Gasteiger partial charge in [-0.15, -0.1) is 0 Å². The Labute approximate surface area is 102 Å². The summed E-state index contributed by atoms with van der Waals surface area (Å²) in [5, 5.41) is 8.56. The van der Waals surface area contributed by atoms with Gasteiger partial charge in [-0.05, 0) is 44.7 Å². The van der Waals surface area contributed by atoms with Crippen LogP contribution in [0.15, 0.2) is 6.20 Å². The Bertz CT molecular complexity index is 329. The van der Waals surface area contributed by atoms with Crippen LogP contribution < -0.4 is 5.32 Å². The van der Waals surface area contributed by atoms with Crippen molar-refractivity contribution in [2.75, 3.05) is 13.1 Å². The Morgan fingerprint density at radius 3 is 2.88 bits per heavy atom. The summed E-state index contributed by atoms with van der Waals surface area (Å²) in [5.74, 6) is 0.839. The molecule has 0 aromatic carbocycles. The highest BCUT2D eigenvalue weighted by Crippen LogP contribution is 2.20. The van der Waals surface area contributed by atoms with Gasteiger partial charge in [-0.3, -0.25) is 4.68 Å². The fraction of sp³-hybridized carbons (Fsp3) is 0.750. The van der Waals surface area contributed by atoms with Gasteiger partial charge in [0.1, 0.15) is 5.15 Å². The standard InChI is InChI=1S/C12H20ClN3/c1-2-11-9-15-16(12(11)13)8-5-10-3-6-14-7-4-10/h9-10,14H,2-8H2,1H3. The van der Waals surface area contributed by atoms with Crippen LogP contribution in [0, 0.1) is 5.92 Å². The number of aromatic nitrogens is 2. The van der Waals surface area contributed by atoms with E-state index < -0.39 is 0 Å². The van der Waals surface area contributed by atoms with E-state index in [1.165, 1.54) is 19.3 Å². The van der Waals surface area contributed by atoms with E-state index in [1.54, 1.807) is 0 Å². The molecule has 1 N–H and O–H groups in total. The molecule has 2 heterocycles. The number of rotatable bonds is 4. The quantitative estimate of drug-likeness (QED) is 0.878. The molecule has 1 aliphatic rings. The van der Waals surface area contributed by atoms with Gasteiger partial charge >= 0.3 is 0 Å². The average Bonchev–Trinajstić information content (AvgIpc) is 2.69. The van der Waals surface area contributed by atoms with Crippen molar-refractivity contribution >= 4 is 11.6 Å². The number of halogens is 1. The molecule has 16 heavy (non-hydrogen) atoms. The van der Waals surface area contributed by atoms with Crippen molar-refractivity contribution in [1.82, 2.24) is 15.1 Å². The molecule has 1 saturated heterocycles. The van der Waals surface area contributed by atoms with E-state index in [2.05, 4.69) is 17.3 Å². The van der Waals surface area contributed by atoms with Crippen LogP contribution in [-0.4, -0.2) is 22.9 Å². The van der Waals surface area contributed by atoms with Crippen molar-refractivity contribution < 1.29 is 0 Å². The van der Waals surface area contributed by atoms with Crippen molar-refractivity contribution in [3.05, 3.63) is 16.9 Å². The molecule has 1 fully saturated rings. The third-order valence-corrected chi connectivity index (χ3v) is 3.87. The van der Waals surface area contributed by atoms with Gasteiger partial charge in [0.25, 0.3) is 0 Å². The molecule has 0 atom stereocenters. The minimum absolute atomic E-state index is 0.830. The highest BCUT2D eigenvalue weighted by molar-refractivity contribution is 6.30. The molecular formula is C12H20ClN3. The maximum atomic E-state index is 6.23. The number of piperidine rings is 1. The maximum absolute atomic E-state index is 6.23. The summed E-state index contributed by atoms with van der Waals surface area (Å²) >= 11 is 6.23. The second-order valence-electron chi connectivity index (χ2n) is 4.52. The number of nitrogens with one attached hydrogen (secondary N) is 1. The van der Waals surface area contributed by atoms with Gasteiger partial charge in [-0.1, -0.05) is 18.5 Å². The first-order valence-electron chi connectivity index (χ1n) is 6.22. The van der Waals surface area contributed by atoms with Crippen LogP contribution in [0.5, 0.6) is 0 Å². The van der Waals surface area contributed by atoms with Gasteiger partial charge in [0.2, 0.25) is 0 Å². The molecule has 2 rings (SSSR count). The Morgan fingerprint density at radius 1 is 1.50 bits per heavy atom. The lowest BCUT2D eigenvalue weighted by Crippen LogP contribution is -2.28. The normalized spacial score (nSPS) is 17.9. The number of hydrogen-bond acceptors (Lipinski definition) is 2. The second-order valence-corrected chi connectivity index (χ2v) is 4.88. The van der Waals surface area contributed by atoms with E-state index in [0.717, 1.165) is 42.7 Å². The number of aryl methyl sites for hydroxylation is 2. The lowest BCUT2D eigenvalue weighted by Gasteiger charge is -2.22. The summed E-state index contributed by atoms with van der Waals surface area (Å²) in [5.41, 5.74) is 1.16. The van der Waals surface area contributed by atoms with Gasteiger partial charge in [0.05, 0.1) is 6.20 Å². The van der Waals surface area contributed by atoms with Gasteiger partial charge in [-0.2, -0.15) is 5.10 Å². The lowest BCUT2D eigenvalue weighted by molar-refractivity contribution is 0.332. The van der Waals surface area contributed by atoms with Crippen LogP contribution >= 0.6 is 11.6 Å². The van der Waals surface area contributed by atoms with E-state index in [0.29, 0.717) is 0 Å². The Hall–Kier alpha value is -0.540. The SMILES string of the molecule is CCc1cnn(CCC2CCNCC2)c1Cl. The number of hydrogen-bond donors (Lipinski definition) is 1. The van der Waals surface area contributed by atoms with Crippen LogP contribution in [0.4, 0.5) is 0 Å². The van der Waals surface area contributed by atoms with Crippen LogP contribution in [0.2, 0.25) is 5.15 Å². The van der Waals surface area contributed by atoms with Crippen LogP contribution in [0.1, 0.15) is 31.7 Å². The average molecular weight is 242 g/mol. The predicted molar refractivity (Wildman–Crippen MR) is 66.8 cm³/mol. The third-order valence-electron chi connectivity index (χ3n) is 3.43. The molecule has 3 nitrogen and oxygen atoms in total. The van der Waals surface area contributed by atoms with Crippen molar-refractivity contribution in [3.63, 3.8) is 0 Å². The summed E-state index contributed by atoms with van der Waals surface area (Å²) in [6.07, 6.45) is 6.64. The molecule has 0 aliphatic carbocycles. The van der Waals surface area contributed by atoms with Gasteiger partial charge in [-0.25, -0.2) is 0 Å². The van der Waals surface area contributed by atoms with E-state index in [1.807, 2.05) is 10.9 Å². The topological polar surface area (TPSA) is 29.9 Å². The largest absolute Gasteiger partial charge is 0.317 e. The molecule has 0 amide bonds. The molecule has 0 unspecified atom stereocenters. The zero-order valence-electron chi connectivity index (χ0n) is 9.88. The first kappa shape index (κ1) is 11.9. The molecule has 1 aromatic heterocycles. The van der Waals surface area contributed by atoms with Crippen molar-refractivity contribution in [2.24, 2.45) is 5.92 Å². The van der Waals surface area contributed by atoms with Gasteiger partial charge < -0.3 is 5.32 Å². The zero-order chi connectivity index (χ0) is 11.4. The molecule has 0 bridgehead atoms. The molecule has 0 spiro atoms. The Balaban J connectivity index is 1.86. The second kappa shape index (κ2) is 5.69. The first-order valence-corrected chi connectivity index (χ1v) is 6.60. The third kappa shape index (κ3) is 2.77. The maximum Gasteiger partial charge on any atom is 0.130 e. The van der Waals surface area contributed by atoms with E-state index in [4.69, 9.17) is 11.6 Å². The summed E-state index contributed by atoms with van der Waals surface area (Å²) in [6.45, 7) is 5.40. The Morgan fingerprint density at radius 2 is 2.25 bits per heavy atom. The van der Waals surface area contributed by atoms with Gasteiger partial charge in [0, 0.05) is 12.1 Å². The molecule has 1 aromatic rings. The molecule has 4 heteroatoms. The Kier molecular flexibility index (Phi) is 4.24. The molecule has 90 valence electrons. The highest BCUT2D eigenvalue weighted by Gasteiger charge is 2.14. The van der Waals surface area contributed by atoms with Crippen molar-refractivity contribution in [3.8, 4) is 0 Å². The first-order chi connectivity index (χ1) is 7.81. The minimum Gasteiger partial charge on any atom is -0.317 e. The molecular weight excluding hydrogens is 222 g/mol. The van der Waals surface area contributed by atoms with Crippen molar-refractivity contribution in [1.29, 1.82) is 0 Å². The summed E-state index contributed by atoms with van der Waals surface area (Å²) in [4.78, 5) is 0. The van der Waals surface area contributed by atoms with Gasteiger partial charge in [0.15, 0.2) is 0 Å².